The number of benzene rings is 1. The minimum absolute atomic E-state index is 0.280. The second kappa shape index (κ2) is 5.66. The number of carbonyl (C=O) groups excluding carboxylic acids is 1. The van der Waals surface area contributed by atoms with Crippen LogP contribution in [-0.4, -0.2) is 34.9 Å². The third-order valence-electron chi connectivity index (χ3n) is 2.33. The van der Waals surface area contributed by atoms with E-state index in [9.17, 15) is 27.1 Å². The molecule has 0 bridgehead atoms. The van der Waals surface area contributed by atoms with E-state index in [1.807, 2.05) is 0 Å². The molecule has 0 heterocycles. The van der Waals surface area contributed by atoms with E-state index in [-0.39, 0.29) is 12.2 Å². The molecule has 0 aliphatic carbocycles. The Morgan fingerprint density at radius 1 is 1.24 bits per heavy atom. The summed E-state index contributed by atoms with van der Waals surface area (Å²) in [6.45, 7) is 3.15. The summed E-state index contributed by atoms with van der Waals surface area (Å²) in [5.41, 5.74) is -0.320. The molecular weight excluding hydrogens is 310 g/mol. The second-order valence-electron chi connectivity index (χ2n) is 5.01. The quantitative estimate of drug-likeness (QED) is 0.482. The van der Waals surface area contributed by atoms with Crippen molar-refractivity contribution in [3.8, 4) is 5.75 Å². The molecule has 0 aliphatic heterocycles. The summed E-state index contributed by atoms with van der Waals surface area (Å²) < 4.78 is 59.1. The smallest absolute Gasteiger partial charge is 0.421 e. The van der Waals surface area contributed by atoms with Crippen LogP contribution in [0.4, 0.5) is 8.78 Å². The average molecular weight is 324 g/mol. The van der Waals surface area contributed by atoms with Crippen LogP contribution in [0.3, 0.4) is 0 Å². The standard InChI is InChI=1S/C12H14F2O6S/c1-11(2,16)7-8-3-5-9(6-4-8)20-10(15)12(13,14)21(17,18)19/h3-6,16H,7H2,1-2H3,(H,17,18,19). The Morgan fingerprint density at radius 3 is 2.10 bits per heavy atom. The van der Waals surface area contributed by atoms with Gasteiger partial charge in [-0.3, -0.25) is 4.55 Å². The maximum atomic E-state index is 13.0. The van der Waals surface area contributed by atoms with Crippen LogP contribution in [0.1, 0.15) is 19.4 Å². The van der Waals surface area contributed by atoms with Gasteiger partial charge in [0.05, 0.1) is 5.60 Å². The van der Waals surface area contributed by atoms with Crippen molar-refractivity contribution in [2.45, 2.75) is 31.1 Å². The molecule has 1 aromatic rings. The number of rotatable bonds is 5. The number of aliphatic hydroxyl groups is 1. The van der Waals surface area contributed by atoms with E-state index in [2.05, 4.69) is 4.74 Å². The van der Waals surface area contributed by atoms with Gasteiger partial charge in [-0.15, -0.1) is 0 Å². The largest absolute Gasteiger partial charge is 0.466 e. The molecule has 0 aliphatic rings. The lowest BCUT2D eigenvalue weighted by Gasteiger charge is -2.17. The van der Waals surface area contributed by atoms with E-state index in [0.717, 1.165) is 0 Å². The molecule has 1 aromatic carbocycles. The average Bonchev–Trinajstić information content (AvgIpc) is 2.28. The third-order valence-corrected chi connectivity index (χ3v) is 3.15. The minimum atomic E-state index is -5.89. The highest BCUT2D eigenvalue weighted by molar-refractivity contribution is 7.87. The summed E-state index contributed by atoms with van der Waals surface area (Å²) in [5, 5.41) is 4.56. The fraction of sp³-hybridized carbons (Fsp3) is 0.417. The molecular formula is C12H14F2O6S. The van der Waals surface area contributed by atoms with Crippen LogP contribution in [0, 0.1) is 0 Å². The van der Waals surface area contributed by atoms with Crippen LogP contribution in [0.25, 0.3) is 0 Å². The molecule has 0 atom stereocenters. The van der Waals surface area contributed by atoms with E-state index in [1.54, 1.807) is 13.8 Å². The molecule has 0 saturated heterocycles. The first-order valence-corrected chi connectivity index (χ1v) is 7.15. The molecule has 118 valence electrons. The molecule has 0 saturated carbocycles. The summed E-state index contributed by atoms with van der Waals surface area (Å²) in [7, 11) is -5.89. The lowest BCUT2D eigenvalue weighted by atomic mass is 9.99. The van der Waals surface area contributed by atoms with Gasteiger partial charge >= 0.3 is 21.3 Å². The van der Waals surface area contributed by atoms with Crippen molar-refractivity contribution in [2.75, 3.05) is 0 Å². The van der Waals surface area contributed by atoms with Crippen LogP contribution in [0.2, 0.25) is 0 Å². The molecule has 0 radical (unpaired) electrons. The van der Waals surface area contributed by atoms with Crippen molar-refractivity contribution < 1.29 is 36.4 Å². The Balaban J connectivity index is 2.84. The van der Waals surface area contributed by atoms with Crippen LogP contribution < -0.4 is 4.74 Å². The van der Waals surface area contributed by atoms with Gasteiger partial charge in [0, 0.05) is 6.42 Å². The Kier molecular flexibility index (Phi) is 4.71. The fourth-order valence-corrected chi connectivity index (χ4v) is 1.70. The highest BCUT2D eigenvalue weighted by Crippen LogP contribution is 2.24. The molecule has 2 N–H and O–H groups in total. The van der Waals surface area contributed by atoms with Crippen LogP contribution in [0.15, 0.2) is 24.3 Å². The number of alkyl halides is 2. The van der Waals surface area contributed by atoms with Gasteiger partial charge < -0.3 is 9.84 Å². The Labute approximate surface area is 120 Å². The van der Waals surface area contributed by atoms with E-state index >= 15 is 0 Å². The van der Waals surface area contributed by atoms with Gasteiger partial charge in [0.1, 0.15) is 5.75 Å². The van der Waals surface area contributed by atoms with E-state index < -0.39 is 26.9 Å². The first-order chi connectivity index (χ1) is 9.33. The summed E-state index contributed by atoms with van der Waals surface area (Å²) in [6, 6.07) is 5.18. The summed E-state index contributed by atoms with van der Waals surface area (Å²) in [6.07, 6.45) is 0.280. The Bertz CT molecular complexity index is 616. The number of ether oxygens (including phenoxy) is 1. The molecule has 9 heteroatoms. The highest BCUT2D eigenvalue weighted by atomic mass is 32.2. The Hall–Kier alpha value is -1.58. The number of halogens is 2. The van der Waals surface area contributed by atoms with Gasteiger partial charge in [-0.25, -0.2) is 4.79 Å². The van der Waals surface area contributed by atoms with Crippen molar-refractivity contribution in [2.24, 2.45) is 0 Å². The molecule has 6 nitrogen and oxygen atoms in total. The fourth-order valence-electron chi connectivity index (χ4n) is 1.45. The van der Waals surface area contributed by atoms with Gasteiger partial charge in [0.15, 0.2) is 0 Å². The molecule has 0 amide bonds. The lowest BCUT2D eigenvalue weighted by Crippen LogP contribution is -2.40. The first kappa shape index (κ1) is 17.5. The van der Waals surface area contributed by atoms with Gasteiger partial charge in [-0.05, 0) is 31.5 Å². The molecule has 0 spiro atoms. The van der Waals surface area contributed by atoms with Crippen molar-refractivity contribution in [1.29, 1.82) is 0 Å². The SMILES string of the molecule is CC(C)(O)Cc1ccc(OC(=O)C(F)(F)S(=O)(=O)O)cc1. The topological polar surface area (TPSA) is 101 Å². The van der Waals surface area contributed by atoms with Crippen LogP contribution in [0.5, 0.6) is 5.75 Å². The Morgan fingerprint density at radius 2 is 1.71 bits per heavy atom. The van der Waals surface area contributed by atoms with Gasteiger partial charge in [-0.2, -0.15) is 17.2 Å². The van der Waals surface area contributed by atoms with E-state index in [1.165, 1.54) is 24.3 Å². The minimum Gasteiger partial charge on any atom is -0.421 e. The normalized spacial score (nSPS) is 13.0. The predicted octanol–water partition coefficient (Wildman–Crippen LogP) is 1.39. The molecule has 21 heavy (non-hydrogen) atoms. The third kappa shape index (κ3) is 4.73. The molecule has 0 unspecified atom stereocenters. The van der Waals surface area contributed by atoms with Crippen molar-refractivity contribution >= 4 is 16.1 Å². The maximum absolute atomic E-state index is 13.0. The van der Waals surface area contributed by atoms with Crippen molar-refractivity contribution in [1.82, 2.24) is 0 Å². The van der Waals surface area contributed by atoms with Crippen LogP contribution >= 0.6 is 0 Å². The first-order valence-electron chi connectivity index (χ1n) is 5.71. The predicted molar refractivity (Wildman–Crippen MR) is 68.6 cm³/mol. The molecule has 1 rings (SSSR count). The summed E-state index contributed by atoms with van der Waals surface area (Å²) in [4.78, 5) is 11.0. The van der Waals surface area contributed by atoms with Crippen molar-refractivity contribution in [3.63, 3.8) is 0 Å². The number of hydrogen-bond donors (Lipinski definition) is 2. The molecule has 0 fully saturated rings. The van der Waals surface area contributed by atoms with E-state index in [0.29, 0.717) is 5.56 Å². The van der Waals surface area contributed by atoms with Crippen LogP contribution in [-0.2, 0) is 21.3 Å². The zero-order valence-corrected chi connectivity index (χ0v) is 12.0. The van der Waals surface area contributed by atoms with E-state index in [4.69, 9.17) is 4.55 Å². The summed E-state index contributed by atoms with van der Waals surface area (Å²) >= 11 is 0. The maximum Gasteiger partial charge on any atom is 0.466 e. The summed E-state index contributed by atoms with van der Waals surface area (Å²) in [5.74, 6) is -2.72. The highest BCUT2D eigenvalue weighted by Gasteiger charge is 2.54. The molecule has 0 aromatic heterocycles. The number of carbonyl (C=O) groups is 1. The van der Waals surface area contributed by atoms with Crippen molar-refractivity contribution in [3.05, 3.63) is 29.8 Å². The van der Waals surface area contributed by atoms with Gasteiger partial charge in [0.2, 0.25) is 0 Å². The van der Waals surface area contributed by atoms with Gasteiger partial charge in [0.25, 0.3) is 0 Å². The zero-order valence-electron chi connectivity index (χ0n) is 11.2. The zero-order chi connectivity index (χ0) is 16.5. The monoisotopic (exact) mass is 324 g/mol. The number of esters is 1. The van der Waals surface area contributed by atoms with Gasteiger partial charge in [-0.1, -0.05) is 12.1 Å². The second-order valence-corrected chi connectivity index (χ2v) is 6.48. The lowest BCUT2D eigenvalue weighted by molar-refractivity contribution is -0.151. The number of hydrogen-bond acceptors (Lipinski definition) is 5.